The van der Waals surface area contributed by atoms with E-state index in [1.54, 1.807) is 0 Å². The second-order valence-electron chi connectivity index (χ2n) is 4.76. The van der Waals surface area contributed by atoms with Gasteiger partial charge in [-0.3, -0.25) is 0 Å². The molecule has 2 heterocycles. The summed E-state index contributed by atoms with van der Waals surface area (Å²) in [6.45, 7) is 2.82. The van der Waals surface area contributed by atoms with Crippen molar-refractivity contribution in [1.82, 2.24) is 9.29 Å². The van der Waals surface area contributed by atoms with Crippen LogP contribution < -0.4 is 5.73 Å². The molecule has 102 valence electrons. The summed E-state index contributed by atoms with van der Waals surface area (Å²) in [6, 6.07) is 4.67. The second-order valence-corrected chi connectivity index (χ2v) is 6.70. The number of rotatable bonds is 3. The summed E-state index contributed by atoms with van der Waals surface area (Å²) in [7, 11) is -3.52. The van der Waals surface area contributed by atoms with E-state index < -0.39 is 10.0 Å². The molecule has 0 radical (unpaired) electrons. The predicted molar refractivity (Wildman–Crippen MR) is 69.5 cm³/mol. The van der Waals surface area contributed by atoms with Crippen molar-refractivity contribution in [3.05, 3.63) is 24.0 Å². The van der Waals surface area contributed by atoms with Crippen molar-refractivity contribution in [2.24, 2.45) is 11.7 Å². The average molecular weight is 280 g/mol. The van der Waals surface area contributed by atoms with Crippen LogP contribution in [0.3, 0.4) is 0 Å². The lowest BCUT2D eigenvalue weighted by Crippen LogP contribution is -2.33. The molecular weight excluding hydrogens is 264 g/mol. The molecule has 2 unspecified atom stereocenters. The van der Waals surface area contributed by atoms with Crippen molar-refractivity contribution in [3.63, 3.8) is 0 Å². The van der Waals surface area contributed by atoms with Gasteiger partial charge >= 0.3 is 0 Å². The van der Waals surface area contributed by atoms with Gasteiger partial charge in [0.1, 0.15) is 16.7 Å². The highest BCUT2D eigenvalue weighted by molar-refractivity contribution is 7.89. The van der Waals surface area contributed by atoms with Gasteiger partial charge in [0.15, 0.2) is 0 Å². The Bertz CT molecular complexity index is 589. The SMILES string of the molecule is CC(N)C1CCN(S(=O)(=O)c2ccc(C#N)nc2)C1. The Morgan fingerprint density at radius 3 is 2.79 bits per heavy atom. The number of hydrogen-bond donors (Lipinski definition) is 1. The Morgan fingerprint density at radius 1 is 1.58 bits per heavy atom. The van der Waals surface area contributed by atoms with E-state index in [0.717, 1.165) is 6.42 Å². The van der Waals surface area contributed by atoms with Crippen LogP contribution in [0.5, 0.6) is 0 Å². The van der Waals surface area contributed by atoms with E-state index >= 15 is 0 Å². The smallest absolute Gasteiger partial charge is 0.244 e. The number of sulfonamides is 1. The molecule has 0 aromatic carbocycles. The van der Waals surface area contributed by atoms with Crippen LogP contribution in [0.15, 0.2) is 23.2 Å². The van der Waals surface area contributed by atoms with Gasteiger partial charge in [-0.2, -0.15) is 9.57 Å². The van der Waals surface area contributed by atoms with Crippen LogP contribution in [0.1, 0.15) is 19.0 Å². The fourth-order valence-electron chi connectivity index (χ4n) is 2.15. The molecule has 19 heavy (non-hydrogen) atoms. The fourth-order valence-corrected chi connectivity index (χ4v) is 3.61. The van der Waals surface area contributed by atoms with Crippen LogP contribution in [0, 0.1) is 17.2 Å². The highest BCUT2D eigenvalue weighted by atomic mass is 32.2. The number of nitrogens with zero attached hydrogens (tertiary/aromatic N) is 3. The summed E-state index contributed by atoms with van der Waals surface area (Å²) in [5.74, 6) is 0.195. The summed E-state index contributed by atoms with van der Waals surface area (Å²) >= 11 is 0. The predicted octanol–water partition coefficient (Wildman–Crippen LogP) is 0.311. The minimum Gasteiger partial charge on any atom is -0.328 e. The van der Waals surface area contributed by atoms with Crippen LogP contribution >= 0.6 is 0 Å². The van der Waals surface area contributed by atoms with E-state index in [1.807, 2.05) is 13.0 Å². The van der Waals surface area contributed by atoms with E-state index in [9.17, 15) is 8.42 Å². The lowest BCUT2D eigenvalue weighted by Gasteiger charge is -2.17. The molecule has 1 aromatic heterocycles. The van der Waals surface area contributed by atoms with Gasteiger partial charge in [0.05, 0.1) is 0 Å². The molecule has 1 saturated heterocycles. The topological polar surface area (TPSA) is 100 Å². The molecule has 2 atom stereocenters. The van der Waals surface area contributed by atoms with E-state index in [-0.39, 0.29) is 22.5 Å². The molecule has 7 heteroatoms. The third-order valence-corrected chi connectivity index (χ3v) is 5.27. The Balaban J connectivity index is 2.21. The molecule has 1 aromatic rings. The zero-order valence-electron chi connectivity index (χ0n) is 10.7. The van der Waals surface area contributed by atoms with Gasteiger partial charge < -0.3 is 5.73 Å². The van der Waals surface area contributed by atoms with Crippen LogP contribution in [-0.4, -0.2) is 36.8 Å². The van der Waals surface area contributed by atoms with Crippen molar-refractivity contribution in [3.8, 4) is 6.07 Å². The first-order valence-corrected chi connectivity index (χ1v) is 7.51. The number of pyridine rings is 1. The van der Waals surface area contributed by atoms with E-state index in [0.29, 0.717) is 13.1 Å². The zero-order valence-corrected chi connectivity index (χ0v) is 11.5. The second kappa shape index (κ2) is 5.25. The quantitative estimate of drug-likeness (QED) is 0.859. The monoisotopic (exact) mass is 280 g/mol. The van der Waals surface area contributed by atoms with Gasteiger partial charge in [-0.05, 0) is 31.4 Å². The van der Waals surface area contributed by atoms with Crippen LogP contribution in [0.2, 0.25) is 0 Å². The normalized spacial score (nSPS) is 22.1. The van der Waals surface area contributed by atoms with E-state index in [2.05, 4.69) is 4.98 Å². The number of hydrogen-bond acceptors (Lipinski definition) is 5. The van der Waals surface area contributed by atoms with Crippen LogP contribution in [0.4, 0.5) is 0 Å². The summed E-state index contributed by atoms with van der Waals surface area (Å²) in [5, 5.41) is 8.65. The molecule has 0 bridgehead atoms. The number of nitriles is 1. The molecule has 6 nitrogen and oxygen atoms in total. The maximum absolute atomic E-state index is 12.4. The highest BCUT2D eigenvalue weighted by Crippen LogP contribution is 2.25. The van der Waals surface area contributed by atoms with Crippen LogP contribution in [-0.2, 0) is 10.0 Å². The molecule has 0 aliphatic carbocycles. The molecule has 1 fully saturated rings. The van der Waals surface area contributed by atoms with Gasteiger partial charge in [-0.1, -0.05) is 0 Å². The molecule has 2 N–H and O–H groups in total. The molecule has 0 amide bonds. The van der Waals surface area contributed by atoms with Crippen molar-refractivity contribution < 1.29 is 8.42 Å². The molecule has 0 spiro atoms. The Labute approximate surface area is 112 Å². The zero-order chi connectivity index (χ0) is 14.0. The van der Waals surface area contributed by atoms with Gasteiger partial charge in [0, 0.05) is 25.3 Å². The minimum atomic E-state index is -3.52. The van der Waals surface area contributed by atoms with Crippen molar-refractivity contribution in [2.45, 2.75) is 24.3 Å². The highest BCUT2D eigenvalue weighted by Gasteiger charge is 2.34. The third kappa shape index (κ3) is 2.76. The van der Waals surface area contributed by atoms with Crippen molar-refractivity contribution >= 4 is 10.0 Å². The molecular formula is C12H16N4O2S. The van der Waals surface area contributed by atoms with E-state index in [4.69, 9.17) is 11.0 Å². The third-order valence-electron chi connectivity index (χ3n) is 3.42. The first kappa shape index (κ1) is 13.9. The Hall–Kier alpha value is -1.49. The van der Waals surface area contributed by atoms with E-state index in [1.165, 1.54) is 22.6 Å². The summed E-state index contributed by atoms with van der Waals surface area (Å²) in [6.07, 6.45) is 2.01. The van der Waals surface area contributed by atoms with Gasteiger partial charge in [-0.25, -0.2) is 13.4 Å². The molecule has 0 saturated carbocycles. The Morgan fingerprint density at radius 2 is 2.32 bits per heavy atom. The standard InChI is InChI=1S/C12H16N4O2S/c1-9(14)10-4-5-16(8-10)19(17,18)12-3-2-11(6-13)15-7-12/h2-3,7,9-10H,4-5,8,14H2,1H3. The fraction of sp³-hybridized carbons (Fsp3) is 0.500. The molecule has 1 aliphatic rings. The summed E-state index contributed by atoms with van der Waals surface area (Å²) < 4.78 is 26.2. The van der Waals surface area contributed by atoms with Gasteiger partial charge in [-0.15, -0.1) is 0 Å². The van der Waals surface area contributed by atoms with Crippen molar-refractivity contribution in [1.29, 1.82) is 5.26 Å². The summed E-state index contributed by atoms with van der Waals surface area (Å²) in [5.41, 5.74) is 6.01. The van der Waals surface area contributed by atoms with Gasteiger partial charge in [0.25, 0.3) is 0 Å². The van der Waals surface area contributed by atoms with Gasteiger partial charge in [0.2, 0.25) is 10.0 Å². The maximum atomic E-state index is 12.4. The minimum absolute atomic E-state index is 0.0145. The van der Waals surface area contributed by atoms with Crippen molar-refractivity contribution in [2.75, 3.05) is 13.1 Å². The Kier molecular flexibility index (Phi) is 3.85. The first-order chi connectivity index (χ1) is 8.95. The first-order valence-electron chi connectivity index (χ1n) is 6.07. The van der Waals surface area contributed by atoms with Crippen LogP contribution in [0.25, 0.3) is 0 Å². The number of nitrogens with two attached hydrogens (primary N) is 1. The molecule has 2 rings (SSSR count). The lowest BCUT2D eigenvalue weighted by atomic mass is 10.0. The average Bonchev–Trinajstić information content (AvgIpc) is 2.89. The largest absolute Gasteiger partial charge is 0.328 e. The maximum Gasteiger partial charge on any atom is 0.244 e. The lowest BCUT2D eigenvalue weighted by molar-refractivity contribution is 0.429. The summed E-state index contributed by atoms with van der Waals surface area (Å²) in [4.78, 5) is 3.92. The number of aromatic nitrogens is 1. The molecule has 1 aliphatic heterocycles.